The normalized spacial score (nSPS) is 20.1. The highest BCUT2D eigenvalue weighted by Gasteiger charge is 2.35. The van der Waals surface area contributed by atoms with Crippen molar-refractivity contribution in [2.75, 3.05) is 75.5 Å². The van der Waals surface area contributed by atoms with Crippen LogP contribution < -0.4 is 13.6 Å². The van der Waals surface area contributed by atoms with Gasteiger partial charge in [-0.2, -0.15) is 8.83 Å². The van der Waals surface area contributed by atoms with Crippen molar-refractivity contribution >= 4 is 45.8 Å². The van der Waals surface area contributed by atoms with Gasteiger partial charge in [0.25, 0.3) is 22.5 Å². The molecule has 4 atom stereocenters. The van der Waals surface area contributed by atoms with E-state index in [1.165, 1.54) is 50.6 Å². The number of halogens is 2. The Morgan fingerprint density at radius 3 is 1.63 bits per heavy atom. The SMILES string of the molecule is COC(=O)c1cc(CN2CC(Oc3ccc(N(N4CCOC(c5ccc(F)cc5)C4)S(=O)O)c(C(=O)OC)c3)C2)ccc1N(N1CCOC(c2ccc(F)cc2)C1)S(=O)O. The summed E-state index contributed by atoms with van der Waals surface area (Å²) in [6.07, 6.45) is -1.33. The minimum atomic E-state index is -2.60. The molecular formula is C40H43F2N5O11S2. The van der Waals surface area contributed by atoms with E-state index in [1.807, 2.05) is 0 Å². The van der Waals surface area contributed by atoms with Gasteiger partial charge in [-0.05, 0) is 71.3 Å². The first-order valence-corrected chi connectivity index (χ1v) is 20.9. The topological polar surface area (TPSA) is 171 Å². The molecule has 0 aliphatic carbocycles. The van der Waals surface area contributed by atoms with Crippen LogP contribution in [0.15, 0.2) is 84.9 Å². The Morgan fingerprint density at radius 1 is 0.700 bits per heavy atom. The molecule has 0 bridgehead atoms. The summed E-state index contributed by atoms with van der Waals surface area (Å²) in [7, 11) is 2.43. The van der Waals surface area contributed by atoms with Crippen LogP contribution in [0.2, 0.25) is 0 Å². The molecule has 7 rings (SSSR count). The number of esters is 2. The lowest BCUT2D eigenvalue weighted by Gasteiger charge is -2.40. The van der Waals surface area contributed by atoms with Gasteiger partial charge in [-0.25, -0.2) is 36.8 Å². The molecule has 4 unspecified atom stereocenters. The molecular weight excluding hydrogens is 829 g/mol. The Labute approximate surface area is 349 Å². The molecule has 60 heavy (non-hydrogen) atoms. The van der Waals surface area contributed by atoms with Crippen molar-refractivity contribution in [1.82, 2.24) is 14.9 Å². The number of methoxy groups -OCH3 is 2. The number of anilines is 2. The summed E-state index contributed by atoms with van der Waals surface area (Å²) >= 11 is -5.18. The maximum atomic E-state index is 13.6. The predicted octanol–water partition coefficient (Wildman–Crippen LogP) is 4.66. The Balaban J connectivity index is 1.02. The van der Waals surface area contributed by atoms with Crippen molar-refractivity contribution in [3.8, 4) is 5.75 Å². The summed E-state index contributed by atoms with van der Waals surface area (Å²) in [5.41, 5.74) is 2.45. The molecule has 0 saturated carbocycles. The first-order chi connectivity index (χ1) is 28.9. The van der Waals surface area contributed by atoms with Crippen LogP contribution in [0, 0.1) is 11.6 Å². The molecule has 3 fully saturated rings. The van der Waals surface area contributed by atoms with Gasteiger partial charge >= 0.3 is 11.9 Å². The van der Waals surface area contributed by atoms with Gasteiger partial charge in [0, 0.05) is 45.8 Å². The zero-order valence-electron chi connectivity index (χ0n) is 32.6. The molecule has 0 aromatic heterocycles. The molecule has 3 saturated heterocycles. The van der Waals surface area contributed by atoms with E-state index in [0.717, 1.165) is 14.4 Å². The Bertz CT molecular complexity index is 2070. The third kappa shape index (κ3) is 9.83. The van der Waals surface area contributed by atoms with Crippen LogP contribution in [0.3, 0.4) is 0 Å². The first kappa shape index (κ1) is 43.2. The first-order valence-electron chi connectivity index (χ1n) is 18.8. The van der Waals surface area contributed by atoms with Gasteiger partial charge in [0.15, 0.2) is 0 Å². The van der Waals surface area contributed by atoms with Gasteiger partial charge in [0.2, 0.25) is 0 Å². The smallest absolute Gasteiger partial charge is 0.340 e. The second-order valence-electron chi connectivity index (χ2n) is 14.1. The van der Waals surface area contributed by atoms with Gasteiger partial charge in [0.1, 0.15) is 23.5 Å². The van der Waals surface area contributed by atoms with E-state index < -0.39 is 58.3 Å². The molecule has 0 spiro atoms. The molecule has 20 heteroatoms. The van der Waals surface area contributed by atoms with E-state index in [1.54, 1.807) is 58.5 Å². The Hall–Kier alpha value is -4.90. The number of benzene rings is 4. The zero-order valence-corrected chi connectivity index (χ0v) is 34.2. The molecule has 0 radical (unpaired) electrons. The predicted molar refractivity (Wildman–Crippen MR) is 215 cm³/mol. The van der Waals surface area contributed by atoms with Gasteiger partial charge in [-0.1, -0.05) is 30.3 Å². The van der Waals surface area contributed by atoms with Gasteiger partial charge in [-0.3, -0.25) is 14.0 Å². The number of ether oxygens (including phenoxy) is 5. The number of carbonyl (C=O) groups is 2. The highest BCUT2D eigenvalue weighted by Crippen LogP contribution is 2.34. The van der Waals surface area contributed by atoms with E-state index in [4.69, 9.17) is 23.7 Å². The van der Waals surface area contributed by atoms with Crippen LogP contribution in [0.1, 0.15) is 49.6 Å². The average Bonchev–Trinajstić information content (AvgIpc) is 3.23. The molecule has 4 aromatic rings. The number of hydrazine groups is 2. The lowest BCUT2D eigenvalue weighted by Crippen LogP contribution is -2.53. The van der Waals surface area contributed by atoms with Crippen LogP contribution >= 0.6 is 0 Å². The molecule has 320 valence electrons. The van der Waals surface area contributed by atoms with Crippen LogP contribution in [-0.4, -0.2) is 117 Å². The van der Waals surface area contributed by atoms with Crippen molar-refractivity contribution in [2.24, 2.45) is 0 Å². The largest absolute Gasteiger partial charge is 0.488 e. The fraction of sp³-hybridized carbons (Fsp3) is 0.350. The second-order valence-corrected chi connectivity index (χ2v) is 15.7. The van der Waals surface area contributed by atoms with Crippen molar-refractivity contribution in [2.45, 2.75) is 24.9 Å². The molecule has 2 N–H and O–H groups in total. The number of rotatable bonds is 14. The molecule has 3 aliphatic rings. The highest BCUT2D eigenvalue weighted by molar-refractivity contribution is 7.80. The number of morpholine rings is 2. The van der Waals surface area contributed by atoms with Crippen LogP contribution in [0.25, 0.3) is 0 Å². The lowest BCUT2D eigenvalue weighted by molar-refractivity contribution is -0.0280. The molecule has 16 nitrogen and oxygen atoms in total. The maximum Gasteiger partial charge on any atom is 0.340 e. The summed E-state index contributed by atoms with van der Waals surface area (Å²) in [5, 5.41) is 3.20. The summed E-state index contributed by atoms with van der Waals surface area (Å²) in [4.78, 5) is 28.2. The summed E-state index contributed by atoms with van der Waals surface area (Å²) in [6.45, 7) is 2.55. The highest BCUT2D eigenvalue weighted by atomic mass is 32.2. The Morgan fingerprint density at radius 2 is 1.17 bits per heavy atom. The quantitative estimate of drug-likeness (QED) is 0.132. The summed E-state index contributed by atoms with van der Waals surface area (Å²) < 4.78 is 104. The number of hydrogen-bond acceptors (Lipinski definition) is 12. The van der Waals surface area contributed by atoms with E-state index in [-0.39, 0.29) is 68.0 Å². The monoisotopic (exact) mass is 871 g/mol. The van der Waals surface area contributed by atoms with E-state index in [0.29, 0.717) is 36.5 Å². The van der Waals surface area contributed by atoms with E-state index in [2.05, 4.69) is 4.90 Å². The average molecular weight is 872 g/mol. The standard InChI is InChI=1S/C40H43F2N5O11S2/c1-54-39(48)33-19-26(3-13-35(33)46(59(50)51)44-15-17-56-37(24-44)27-4-8-29(41)9-5-27)21-43-22-32(23-43)58-31-12-14-36(34(20-31)40(49)55-2)47(60(52)53)45-16-18-57-38(25-45)28-6-10-30(42)11-7-28/h3-14,19-20,32,37-38H,15-18,21-25H2,1-2H3,(H,50,51)(H,52,53). The fourth-order valence-electron chi connectivity index (χ4n) is 7.36. The fourth-order valence-corrected chi connectivity index (χ4v) is 8.70. The molecule has 3 aliphatic heterocycles. The van der Waals surface area contributed by atoms with E-state index in [9.17, 15) is 35.9 Å². The van der Waals surface area contributed by atoms with Crippen molar-refractivity contribution in [3.63, 3.8) is 0 Å². The van der Waals surface area contributed by atoms with Crippen molar-refractivity contribution in [1.29, 1.82) is 0 Å². The summed E-state index contributed by atoms with van der Waals surface area (Å²) in [5.74, 6) is -1.92. The number of carbonyl (C=O) groups excluding carboxylic acids is 2. The minimum absolute atomic E-state index is 0.00487. The van der Waals surface area contributed by atoms with Gasteiger partial charge < -0.3 is 23.7 Å². The molecule has 0 amide bonds. The lowest BCUT2D eigenvalue weighted by atomic mass is 10.1. The van der Waals surface area contributed by atoms with Crippen molar-refractivity contribution < 1.29 is 59.6 Å². The maximum absolute atomic E-state index is 13.6. The zero-order chi connectivity index (χ0) is 42.5. The third-order valence-electron chi connectivity index (χ3n) is 10.3. The minimum Gasteiger partial charge on any atom is -0.488 e. The van der Waals surface area contributed by atoms with Crippen molar-refractivity contribution in [3.05, 3.63) is 124 Å². The second kappa shape index (κ2) is 19.2. The molecule has 3 heterocycles. The van der Waals surface area contributed by atoms with E-state index >= 15 is 0 Å². The van der Waals surface area contributed by atoms with Gasteiger partial charge in [0.05, 0.1) is 62.1 Å². The molecule has 4 aromatic carbocycles. The number of likely N-dealkylation sites (tertiary alicyclic amines) is 1. The van der Waals surface area contributed by atoms with Crippen LogP contribution in [0.4, 0.5) is 20.2 Å². The van der Waals surface area contributed by atoms with Gasteiger partial charge in [-0.15, -0.1) is 0 Å². The third-order valence-corrected chi connectivity index (χ3v) is 11.7. The number of nitrogens with zero attached hydrogens (tertiary/aromatic N) is 5. The van der Waals surface area contributed by atoms with Crippen LogP contribution in [-0.2, 0) is 48.0 Å². The van der Waals surface area contributed by atoms with Crippen LogP contribution in [0.5, 0.6) is 5.75 Å². The summed E-state index contributed by atoms with van der Waals surface area (Å²) in [6, 6.07) is 21.1. The Kier molecular flexibility index (Phi) is 13.8. The number of hydrogen-bond donors (Lipinski definition) is 2.